The molecule has 144 valence electrons. The predicted octanol–water partition coefficient (Wildman–Crippen LogP) is 5.10. The minimum absolute atomic E-state index is 0.0483. The largest absolute Gasteiger partial charge is 0.480 e. The van der Waals surface area contributed by atoms with Crippen LogP contribution in [0.2, 0.25) is 0 Å². The summed E-state index contributed by atoms with van der Waals surface area (Å²) in [5.41, 5.74) is 4.15. The highest BCUT2D eigenvalue weighted by atomic mass is 32.2. The van der Waals surface area contributed by atoms with E-state index < -0.39 is 12.0 Å². The van der Waals surface area contributed by atoms with Crippen LogP contribution in [0.15, 0.2) is 54.6 Å². The number of carboxylic acids is 1. The smallest absolute Gasteiger partial charge is 0.320 e. The maximum Gasteiger partial charge on any atom is 0.320 e. The Balaban J connectivity index is 1.92. The fourth-order valence-corrected chi connectivity index (χ4v) is 6.06. The van der Waals surface area contributed by atoms with Crippen molar-refractivity contribution >= 4 is 17.7 Å². The first-order valence-electron chi connectivity index (χ1n) is 9.57. The molecule has 0 aromatic heterocycles. The lowest BCUT2D eigenvalue weighted by molar-refractivity contribution is -0.142. The van der Waals surface area contributed by atoms with E-state index >= 15 is 0 Å². The Morgan fingerprint density at radius 1 is 1.07 bits per heavy atom. The number of nitrogens with zero attached hydrogens (tertiary/aromatic N) is 1. The molecule has 2 unspecified atom stereocenters. The van der Waals surface area contributed by atoms with Gasteiger partial charge < -0.3 is 5.11 Å². The molecular weight excluding hydrogens is 354 g/mol. The SMILES string of the molecule is CC(C(=O)O)N(C)CCCC1(c2ccccc2)SC(C)(C)c2ccccc21. The van der Waals surface area contributed by atoms with E-state index in [4.69, 9.17) is 0 Å². The molecule has 0 saturated heterocycles. The molecule has 4 heteroatoms. The molecule has 0 amide bonds. The molecule has 0 spiro atoms. The number of hydrogen-bond acceptors (Lipinski definition) is 3. The zero-order valence-corrected chi connectivity index (χ0v) is 17.4. The summed E-state index contributed by atoms with van der Waals surface area (Å²) in [6.45, 7) is 7.13. The monoisotopic (exact) mass is 383 g/mol. The number of aliphatic carboxylic acids is 1. The van der Waals surface area contributed by atoms with Gasteiger partial charge in [0, 0.05) is 4.75 Å². The van der Waals surface area contributed by atoms with Gasteiger partial charge in [0.15, 0.2) is 0 Å². The van der Waals surface area contributed by atoms with Crippen LogP contribution in [-0.2, 0) is 14.3 Å². The summed E-state index contributed by atoms with van der Waals surface area (Å²) in [5, 5.41) is 9.24. The van der Waals surface area contributed by atoms with Crippen molar-refractivity contribution in [2.75, 3.05) is 13.6 Å². The van der Waals surface area contributed by atoms with Gasteiger partial charge in [-0.2, -0.15) is 0 Å². The lowest BCUT2D eigenvalue weighted by atomic mass is 9.82. The third-order valence-electron chi connectivity index (χ3n) is 5.74. The van der Waals surface area contributed by atoms with Crippen molar-refractivity contribution in [2.45, 2.75) is 49.1 Å². The Kier molecular flexibility index (Phi) is 5.68. The normalized spacial score (nSPS) is 21.8. The second-order valence-corrected chi connectivity index (χ2v) is 9.87. The standard InChI is InChI=1S/C23H29NO2S/c1-17(21(25)26)24(4)16-10-15-23(18-11-6-5-7-12-18)20-14-9-8-13-19(20)22(2,3)27-23/h5-9,11-14,17H,10,15-16H2,1-4H3,(H,25,26). The summed E-state index contributed by atoms with van der Waals surface area (Å²) in [6, 6.07) is 19.1. The van der Waals surface area contributed by atoms with E-state index in [0.717, 1.165) is 19.4 Å². The summed E-state index contributed by atoms with van der Waals surface area (Å²) in [6.07, 6.45) is 1.93. The fraction of sp³-hybridized carbons (Fsp3) is 0.435. The van der Waals surface area contributed by atoms with E-state index in [-0.39, 0.29) is 9.49 Å². The lowest BCUT2D eigenvalue weighted by Gasteiger charge is -2.33. The number of fused-ring (bicyclic) bond motifs is 1. The summed E-state index contributed by atoms with van der Waals surface area (Å²) >= 11 is 2.03. The molecule has 2 aromatic rings. The van der Waals surface area contributed by atoms with E-state index in [2.05, 4.69) is 68.4 Å². The summed E-state index contributed by atoms with van der Waals surface area (Å²) in [4.78, 5) is 13.2. The van der Waals surface area contributed by atoms with Crippen LogP contribution in [0.4, 0.5) is 0 Å². The quantitative estimate of drug-likeness (QED) is 0.722. The van der Waals surface area contributed by atoms with Crippen LogP contribution in [0.1, 0.15) is 50.3 Å². The summed E-state index contributed by atoms with van der Waals surface area (Å²) < 4.78 is -0.0403. The van der Waals surface area contributed by atoms with Gasteiger partial charge in [0.2, 0.25) is 0 Å². The van der Waals surface area contributed by atoms with Crippen LogP contribution in [0.25, 0.3) is 0 Å². The third kappa shape index (κ3) is 3.78. The Morgan fingerprint density at radius 2 is 1.67 bits per heavy atom. The van der Waals surface area contributed by atoms with Crippen LogP contribution in [0, 0.1) is 0 Å². The van der Waals surface area contributed by atoms with Gasteiger partial charge in [-0.05, 0) is 63.9 Å². The summed E-state index contributed by atoms with van der Waals surface area (Å²) in [7, 11) is 1.90. The second kappa shape index (κ2) is 7.69. The van der Waals surface area contributed by atoms with Gasteiger partial charge in [-0.25, -0.2) is 0 Å². The van der Waals surface area contributed by atoms with Gasteiger partial charge in [-0.1, -0.05) is 54.6 Å². The van der Waals surface area contributed by atoms with E-state index in [1.165, 1.54) is 16.7 Å². The molecule has 3 nitrogen and oxygen atoms in total. The molecule has 1 N–H and O–H groups in total. The first-order chi connectivity index (χ1) is 12.8. The van der Waals surface area contributed by atoms with Crippen molar-refractivity contribution in [1.29, 1.82) is 0 Å². The Bertz CT molecular complexity index is 805. The van der Waals surface area contributed by atoms with Gasteiger partial charge in [-0.15, -0.1) is 11.8 Å². The van der Waals surface area contributed by atoms with E-state index in [0.29, 0.717) is 0 Å². The molecule has 0 bridgehead atoms. The number of likely N-dealkylation sites (N-methyl/N-ethyl adjacent to an activating group) is 1. The topological polar surface area (TPSA) is 40.5 Å². The second-order valence-electron chi connectivity index (χ2n) is 7.95. The Morgan fingerprint density at radius 3 is 2.30 bits per heavy atom. The number of benzene rings is 2. The molecular formula is C23H29NO2S. The molecule has 2 atom stereocenters. The molecule has 0 radical (unpaired) electrons. The molecule has 3 rings (SSSR count). The molecule has 1 heterocycles. The minimum Gasteiger partial charge on any atom is -0.480 e. The molecule has 2 aromatic carbocycles. The molecule has 0 fully saturated rings. The highest BCUT2D eigenvalue weighted by Crippen LogP contribution is 2.62. The molecule has 0 aliphatic carbocycles. The highest BCUT2D eigenvalue weighted by Gasteiger charge is 2.48. The van der Waals surface area contributed by atoms with Gasteiger partial charge >= 0.3 is 5.97 Å². The van der Waals surface area contributed by atoms with Crippen LogP contribution in [-0.4, -0.2) is 35.6 Å². The van der Waals surface area contributed by atoms with Gasteiger partial charge in [0.05, 0.1) is 4.75 Å². The third-order valence-corrected chi connectivity index (χ3v) is 7.48. The maximum atomic E-state index is 11.2. The van der Waals surface area contributed by atoms with Crippen LogP contribution in [0.3, 0.4) is 0 Å². The Hall–Kier alpha value is -1.78. The van der Waals surface area contributed by atoms with E-state index in [1.807, 2.05) is 23.7 Å². The predicted molar refractivity (Wildman–Crippen MR) is 113 cm³/mol. The van der Waals surface area contributed by atoms with E-state index in [9.17, 15) is 9.90 Å². The molecule has 27 heavy (non-hydrogen) atoms. The zero-order chi connectivity index (χ0) is 19.7. The fourth-order valence-electron chi connectivity index (χ4n) is 4.12. The van der Waals surface area contributed by atoms with Crippen molar-refractivity contribution in [3.05, 3.63) is 71.3 Å². The van der Waals surface area contributed by atoms with Gasteiger partial charge in [0.1, 0.15) is 6.04 Å². The maximum absolute atomic E-state index is 11.2. The zero-order valence-electron chi connectivity index (χ0n) is 16.6. The molecule has 0 saturated carbocycles. The Labute approximate surface area is 166 Å². The minimum atomic E-state index is -0.767. The highest BCUT2D eigenvalue weighted by molar-refractivity contribution is 8.01. The van der Waals surface area contributed by atoms with Crippen molar-refractivity contribution in [2.24, 2.45) is 0 Å². The number of rotatable bonds is 7. The number of hydrogen-bond donors (Lipinski definition) is 1. The van der Waals surface area contributed by atoms with Crippen LogP contribution >= 0.6 is 11.8 Å². The van der Waals surface area contributed by atoms with E-state index in [1.54, 1.807) is 6.92 Å². The van der Waals surface area contributed by atoms with Crippen LogP contribution in [0.5, 0.6) is 0 Å². The van der Waals surface area contributed by atoms with Gasteiger partial charge in [0.25, 0.3) is 0 Å². The van der Waals surface area contributed by atoms with Crippen molar-refractivity contribution in [3.8, 4) is 0 Å². The first kappa shape index (κ1) is 20.0. The van der Waals surface area contributed by atoms with Crippen LogP contribution < -0.4 is 0 Å². The van der Waals surface area contributed by atoms with Gasteiger partial charge in [-0.3, -0.25) is 9.69 Å². The average Bonchev–Trinajstić information content (AvgIpc) is 2.90. The van der Waals surface area contributed by atoms with Crippen molar-refractivity contribution in [3.63, 3.8) is 0 Å². The molecule has 1 aliphatic rings. The van der Waals surface area contributed by atoms with Crippen molar-refractivity contribution in [1.82, 2.24) is 4.90 Å². The lowest BCUT2D eigenvalue weighted by Crippen LogP contribution is -2.37. The number of carbonyl (C=O) groups is 1. The molecule has 1 aliphatic heterocycles. The number of thioether (sulfide) groups is 1. The average molecular weight is 384 g/mol. The first-order valence-corrected chi connectivity index (χ1v) is 10.4. The summed E-state index contributed by atoms with van der Waals surface area (Å²) in [5.74, 6) is -0.767. The number of carboxylic acid groups (broad SMARTS) is 1. The van der Waals surface area contributed by atoms with Crippen molar-refractivity contribution < 1.29 is 9.90 Å².